The first kappa shape index (κ1) is 33.3. The average molecular weight is 754 g/mol. The molecule has 0 aliphatic heterocycles. The van der Waals surface area contributed by atoms with Crippen LogP contribution in [0, 0.1) is 0 Å². The van der Waals surface area contributed by atoms with Gasteiger partial charge < -0.3 is 13.7 Å². The molecule has 2 heterocycles. The molecule has 0 saturated carbocycles. The van der Waals surface area contributed by atoms with Crippen LogP contribution in [0.25, 0.3) is 98.8 Å². The van der Waals surface area contributed by atoms with E-state index in [1.807, 2.05) is 12.1 Å². The van der Waals surface area contributed by atoms with E-state index in [4.69, 9.17) is 8.83 Å². The Bertz CT molecular complexity index is 3540. The normalized spacial score (nSPS) is 11.7. The van der Waals surface area contributed by atoms with Crippen LogP contribution in [-0.4, -0.2) is 0 Å². The van der Waals surface area contributed by atoms with E-state index in [-0.39, 0.29) is 0 Å². The van der Waals surface area contributed by atoms with Gasteiger partial charge in [0.15, 0.2) is 5.58 Å². The molecular weight excluding hydrogens is 719 g/mol. The predicted molar refractivity (Wildman–Crippen MR) is 247 cm³/mol. The van der Waals surface area contributed by atoms with E-state index in [1.165, 1.54) is 27.5 Å². The summed E-state index contributed by atoms with van der Waals surface area (Å²) >= 11 is 0. The maximum atomic E-state index is 6.89. The molecule has 0 N–H and O–H groups in total. The van der Waals surface area contributed by atoms with Crippen LogP contribution in [0.2, 0.25) is 0 Å². The van der Waals surface area contributed by atoms with Crippen LogP contribution in [0.5, 0.6) is 0 Å². The second kappa shape index (κ2) is 13.4. The molecule has 276 valence electrons. The fourth-order valence-corrected chi connectivity index (χ4v) is 8.85. The highest BCUT2D eigenvalue weighted by Crippen LogP contribution is 2.44. The maximum Gasteiger partial charge on any atom is 0.159 e. The minimum absolute atomic E-state index is 0.853. The molecule has 2 aromatic heterocycles. The molecule has 12 rings (SSSR count). The smallest absolute Gasteiger partial charge is 0.159 e. The molecule has 0 radical (unpaired) electrons. The van der Waals surface area contributed by atoms with Gasteiger partial charge in [-0.2, -0.15) is 0 Å². The van der Waals surface area contributed by atoms with Crippen molar-refractivity contribution in [3.63, 3.8) is 0 Å². The first-order valence-electron chi connectivity index (χ1n) is 20.1. The van der Waals surface area contributed by atoms with Crippen molar-refractivity contribution < 1.29 is 8.83 Å². The van der Waals surface area contributed by atoms with Crippen molar-refractivity contribution in [1.82, 2.24) is 0 Å². The van der Waals surface area contributed by atoms with E-state index >= 15 is 0 Å². The van der Waals surface area contributed by atoms with Gasteiger partial charge in [0, 0.05) is 38.3 Å². The number of nitrogens with zero attached hydrogens (tertiary/aromatic N) is 1. The van der Waals surface area contributed by atoms with Gasteiger partial charge in [0.25, 0.3) is 0 Å². The molecular formula is C56H35NO2. The molecule has 0 amide bonds. The molecule has 0 unspecified atom stereocenters. The van der Waals surface area contributed by atoms with E-state index in [2.05, 4.69) is 205 Å². The van der Waals surface area contributed by atoms with E-state index in [9.17, 15) is 0 Å². The lowest BCUT2D eigenvalue weighted by Gasteiger charge is -2.26. The van der Waals surface area contributed by atoms with Gasteiger partial charge in [-0.25, -0.2) is 0 Å². The van der Waals surface area contributed by atoms with Crippen LogP contribution >= 0.6 is 0 Å². The van der Waals surface area contributed by atoms with Crippen LogP contribution in [0.4, 0.5) is 17.1 Å². The Morgan fingerprint density at radius 2 is 0.763 bits per heavy atom. The predicted octanol–water partition coefficient (Wildman–Crippen LogP) is 16.3. The highest BCUT2D eigenvalue weighted by molar-refractivity contribution is 6.17. The summed E-state index contributed by atoms with van der Waals surface area (Å²) in [5.74, 6) is 0. The average Bonchev–Trinajstić information content (AvgIpc) is 3.88. The van der Waals surface area contributed by atoms with E-state index in [1.54, 1.807) is 0 Å². The van der Waals surface area contributed by atoms with Crippen molar-refractivity contribution in [2.75, 3.05) is 4.90 Å². The molecule has 3 nitrogen and oxygen atoms in total. The van der Waals surface area contributed by atoms with Crippen LogP contribution < -0.4 is 4.90 Å². The number of fused-ring (bicyclic) bond motifs is 9. The topological polar surface area (TPSA) is 29.5 Å². The summed E-state index contributed by atoms with van der Waals surface area (Å²) in [6.07, 6.45) is 0. The molecule has 0 aliphatic rings. The first-order valence-corrected chi connectivity index (χ1v) is 20.1. The third-order valence-electron chi connectivity index (χ3n) is 11.9. The SMILES string of the molecule is c1ccc2cc(-c3ccc(-c4ccc(N(c5ccc(-c6ccc7c(c6)oc6ccccc67)cc5)c5cccc6c5oc5c7ccccc7ccc65)cc4)cc3)ccc2c1. The fourth-order valence-electron chi connectivity index (χ4n) is 8.85. The summed E-state index contributed by atoms with van der Waals surface area (Å²) in [5, 5.41) is 9.24. The van der Waals surface area contributed by atoms with Gasteiger partial charge >= 0.3 is 0 Å². The zero-order valence-corrected chi connectivity index (χ0v) is 32.0. The second-order valence-corrected chi connectivity index (χ2v) is 15.3. The van der Waals surface area contributed by atoms with Crippen LogP contribution in [-0.2, 0) is 0 Å². The van der Waals surface area contributed by atoms with Crippen molar-refractivity contribution in [2.45, 2.75) is 0 Å². The molecule has 59 heavy (non-hydrogen) atoms. The molecule has 0 bridgehead atoms. The Balaban J connectivity index is 0.943. The zero-order chi connectivity index (χ0) is 38.9. The van der Waals surface area contributed by atoms with Crippen molar-refractivity contribution in [3.05, 3.63) is 212 Å². The Labute approximate surface area is 340 Å². The minimum atomic E-state index is 0.853. The fraction of sp³-hybridized carbons (Fsp3) is 0. The van der Waals surface area contributed by atoms with Crippen molar-refractivity contribution in [1.29, 1.82) is 0 Å². The number of anilines is 3. The lowest BCUT2D eigenvalue weighted by molar-refractivity contribution is 0.669. The molecule has 0 saturated heterocycles. The molecule has 0 aliphatic carbocycles. The Hall–Kier alpha value is -7.88. The van der Waals surface area contributed by atoms with E-state index < -0.39 is 0 Å². The van der Waals surface area contributed by atoms with Crippen molar-refractivity contribution in [3.8, 4) is 33.4 Å². The van der Waals surface area contributed by atoms with Gasteiger partial charge in [0.05, 0.1) is 5.69 Å². The number of rotatable bonds is 6. The van der Waals surface area contributed by atoms with Gasteiger partial charge in [-0.15, -0.1) is 0 Å². The largest absolute Gasteiger partial charge is 0.456 e. The minimum Gasteiger partial charge on any atom is -0.456 e. The summed E-state index contributed by atoms with van der Waals surface area (Å²) in [7, 11) is 0. The van der Waals surface area contributed by atoms with Gasteiger partial charge in [-0.05, 0) is 110 Å². The number of para-hydroxylation sites is 2. The Kier molecular flexibility index (Phi) is 7.54. The van der Waals surface area contributed by atoms with Crippen LogP contribution in [0.1, 0.15) is 0 Å². The summed E-state index contributed by atoms with van der Waals surface area (Å²) in [6, 6.07) is 75.7. The number of furan rings is 2. The first-order chi connectivity index (χ1) is 29.2. The summed E-state index contributed by atoms with van der Waals surface area (Å²) < 4.78 is 13.1. The molecule has 0 atom stereocenters. The number of hydrogen-bond donors (Lipinski definition) is 0. The highest BCUT2D eigenvalue weighted by Gasteiger charge is 2.21. The standard InChI is InChI=1S/C56H35NO2/c1-2-10-42-34-43(21-20-36(42)8-1)39-18-16-37(17-19-39)38-22-28-45(29-23-38)57(52-14-7-13-50-51-33-26-41-9-3-4-11-47(41)55(51)59-56(50)52)46-30-24-40(25-31-46)44-27-32-49-48-12-5-6-15-53(48)58-54(49)35-44/h1-35H. The number of benzene rings is 10. The summed E-state index contributed by atoms with van der Waals surface area (Å²) in [6.45, 7) is 0. The molecule has 12 aromatic rings. The third-order valence-corrected chi connectivity index (χ3v) is 11.9. The Morgan fingerprint density at radius 1 is 0.271 bits per heavy atom. The molecule has 3 heteroatoms. The third kappa shape index (κ3) is 5.59. The van der Waals surface area contributed by atoms with Crippen molar-refractivity contribution >= 4 is 82.5 Å². The van der Waals surface area contributed by atoms with Gasteiger partial charge in [0.2, 0.25) is 0 Å². The summed E-state index contributed by atoms with van der Waals surface area (Å²) in [4.78, 5) is 2.31. The van der Waals surface area contributed by atoms with Crippen LogP contribution in [0.15, 0.2) is 221 Å². The molecule has 0 fully saturated rings. The monoisotopic (exact) mass is 753 g/mol. The molecule has 10 aromatic carbocycles. The van der Waals surface area contributed by atoms with Gasteiger partial charge in [0.1, 0.15) is 16.7 Å². The highest BCUT2D eigenvalue weighted by atomic mass is 16.3. The van der Waals surface area contributed by atoms with E-state index in [0.29, 0.717) is 0 Å². The number of hydrogen-bond acceptors (Lipinski definition) is 3. The van der Waals surface area contributed by atoms with Gasteiger partial charge in [-0.1, -0.05) is 152 Å². The maximum absolute atomic E-state index is 6.89. The van der Waals surface area contributed by atoms with Crippen LogP contribution in [0.3, 0.4) is 0 Å². The molecule has 0 spiro atoms. The van der Waals surface area contributed by atoms with E-state index in [0.717, 1.165) is 88.4 Å². The quantitative estimate of drug-likeness (QED) is 0.169. The lowest BCUT2D eigenvalue weighted by Crippen LogP contribution is -2.10. The summed E-state index contributed by atoms with van der Waals surface area (Å²) in [5.41, 5.74) is 13.6. The second-order valence-electron chi connectivity index (χ2n) is 15.3. The van der Waals surface area contributed by atoms with Crippen molar-refractivity contribution in [2.24, 2.45) is 0 Å². The lowest BCUT2D eigenvalue weighted by atomic mass is 9.98. The van der Waals surface area contributed by atoms with Gasteiger partial charge in [-0.3, -0.25) is 0 Å². The Morgan fingerprint density at radius 3 is 1.51 bits per heavy atom. The zero-order valence-electron chi connectivity index (χ0n) is 32.0.